The first kappa shape index (κ1) is 15.1. The van der Waals surface area contributed by atoms with Gasteiger partial charge < -0.3 is 14.4 Å². The second-order valence-electron chi connectivity index (χ2n) is 5.31. The minimum absolute atomic E-state index is 0.120. The van der Waals surface area contributed by atoms with Gasteiger partial charge in [0.05, 0.1) is 5.92 Å². The third-order valence-electron chi connectivity index (χ3n) is 2.68. The molecule has 0 unspecified atom stereocenters. The first-order valence-electron chi connectivity index (χ1n) is 6.04. The van der Waals surface area contributed by atoms with Crippen LogP contribution < -0.4 is 0 Å². The Kier molecular flexibility index (Phi) is 5.26. The Labute approximate surface area is 112 Å². The molecule has 0 aliphatic carbocycles. The number of esters is 1. The number of carbonyl (C=O) groups is 2. The van der Waals surface area contributed by atoms with E-state index in [1.54, 1.807) is 4.90 Å². The summed E-state index contributed by atoms with van der Waals surface area (Å²) in [5.74, 6) is -0.448. The molecule has 1 aliphatic heterocycles. The zero-order valence-electron chi connectivity index (χ0n) is 11.1. The number of alkyl halides is 1. The average Bonchev–Trinajstić information content (AvgIpc) is 2.27. The lowest BCUT2D eigenvalue weighted by Gasteiger charge is -2.32. The van der Waals surface area contributed by atoms with Crippen molar-refractivity contribution in [3.05, 3.63) is 0 Å². The maximum atomic E-state index is 11.8. The SMILES string of the molecule is CC(C)(C)OC(=O)N1CCC(C(=O)OCCl)CC1. The van der Waals surface area contributed by atoms with Crippen molar-refractivity contribution >= 4 is 23.7 Å². The largest absolute Gasteiger partial charge is 0.449 e. The van der Waals surface area contributed by atoms with Crippen LogP contribution in [-0.2, 0) is 14.3 Å². The third-order valence-corrected chi connectivity index (χ3v) is 2.79. The van der Waals surface area contributed by atoms with Gasteiger partial charge in [0, 0.05) is 13.1 Å². The lowest BCUT2D eigenvalue weighted by atomic mass is 9.97. The molecule has 0 radical (unpaired) electrons. The second kappa shape index (κ2) is 6.27. The third kappa shape index (κ3) is 4.72. The van der Waals surface area contributed by atoms with Gasteiger partial charge in [-0.3, -0.25) is 4.79 Å². The van der Waals surface area contributed by atoms with Crippen LogP contribution >= 0.6 is 11.6 Å². The standard InChI is InChI=1S/C12H20ClNO4/c1-12(2,3)18-11(16)14-6-4-9(5-7-14)10(15)17-8-13/h9H,4-8H2,1-3H3. The molecule has 0 N–H and O–H groups in total. The molecule has 0 saturated carbocycles. The molecule has 5 nitrogen and oxygen atoms in total. The summed E-state index contributed by atoms with van der Waals surface area (Å²) in [6, 6.07) is -0.120. The number of piperidine rings is 1. The first-order chi connectivity index (χ1) is 8.33. The fourth-order valence-corrected chi connectivity index (χ4v) is 1.90. The molecule has 104 valence electrons. The fourth-order valence-electron chi connectivity index (χ4n) is 1.80. The molecule has 0 aromatic rings. The van der Waals surface area contributed by atoms with E-state index in [1.807, 2.05) is 20.8 Å². The van der Waals surface area contributed by atoms with E-state index in [4.69, 9.17) is 21.1 Å². The lowest BCUT2D eigenvalue weighted by Crippen LogP contribution is -2.43. The summed E-state index contributed by atoms with van der Waals surface area (Å²) in [5.41, 5.74) is -0.495. The molecule has 0 spiro atoms. The van der Waals surface area contributed by atoms with Crippen LogP contribution in [0.1, 0.15) is 33.6 Å². The molecular weight excluding hydrogens is 258 g/mol. The summed E-state index contributed by atoms with van der Waals surface area (Å²) in [5, 5.41) is 0. The molecule has 1 rings (SSSR count). The Morgan fingerprint density at radius 1 is 1.28 bits per heavy atom. The molecule has 0 aromatic heterocycles. The molecule has 18 heavy (non-hydrogen) atoms. The lowest BCUT2D eigenvalue weighted by molar-refractivity contribution is -0.148. The van der Waals surface area contributed by atoms with Crippen LogP contribution in [0, 0.1) is 5.92 Å². The van der Waals surface area contributed by atoms with Gasteiger partial charge in [-0.15, -0.1) is 0 Å². The topological polar surface area (TPSA) is 55.8 Å². The van der Waals surface area contributed by atoms with E-state index in [-0.39, 0.29) is 24.0 Å². The van der Waals surface area contributed by atoms with Crippen molar-refractivity contribution in [2.75, 3.05) is 19.2 Å². The normalized spacial score (nSPS) is 17.4. The van der Waals surface area contributed by atoms with Crippen LogP contribution in [0.15, 0.2) is 0 Å². The van der Waals surface area contributed by atoms with Crippen molar-refractivity contribution in [3.8, 4) is 0 Å². The van der Waals surface area contributed by atoms with Gasteiger partial charge in [-0.25, -0.2) is 4.79 Å². The Morgan fingerprint density at radius 2 is 1.83 bits per heavy atom. The number of likely N-dealkylation sites (tertiary alicyclic amines) is 1. The van der Waals surface area contributed by atoms with Crippen molar-refractivity contribution in [2.45, 2.75) is 39.2 Å². The number of nitrogens with zero attached hydrogens (tertiary/aromatic N) is 1. The number of ether oxygens (including phenoxy) is 2. The van der Waals surface area contributed by atoms with Crippen LogP contribution in [0.3, 0.4) is 0 Å². The van der Waals surface area contributed by atoms with E-state index >= 15 is 0 Å². The zero-order chi connectivity index (χ0) is 13.8. The minimum Gasteiger partial charge on any atom is -0.449 e. The first-order valence-corrected chi connectivity index (χ1v) is 6.57. The number of carbonyl (C=O) groups excluding carboxylic acids is 2. The van der Waals surface area contributed by atoms with Crippen molar-refractivity contribution in [1.29, 1.82) is 0 Å². The van der Waals surface area contributed by atoms with Crippen molar-refractivity contribution < 1.29 is 19.1 Å². The summed E-state index contributed by atoms with van der Waals surface area (Å²) in [6.45, 7) is 6.51. The van der Waals surface area contributed by atoms with E-state index in [1.165, 1.54) is 0 Å². The van der Waals surface area contributed by atoms with Gasteiger partial charge >= 0.3 is 12.1 Å². The van der Waals surface area contributed by atoms with E-state index < -0.39 is 5.60 Å². The summed E-state index contributed by atoms with van der Waals surface area (Å²) >= 11 is 5.34. The summed E-state index contributed by atoms with van der Waals surface area (Å²) < 4.78 is 10.0. The van der Waals surface area contributed by atoms with Crippen LogP contribution in [0.25, 0.3) is 0 Å². The molecule has 0 atom stereocenters. The predicted molar refractivity (Wildman–Crippen MR) is 67.3 cm³/mol. The average molecular weight is 278 g/mol. The van der Waals surface area contributed by atoms with Gasteiger partial charge in [0.15, 0.2) is 6.07 Å². The number of halogens is 1. The summed E-state index contributed by atoms with van der Waals surface area (Å²) in [6.07, 6.45) is 0.857. The van der Waals surface area contributed by atoms with Crippen LogP contribution in [0.5, 0.6) is 0 Å². The highest BCUT2D eigenvalue weighted by atomic mass is 35.5. The minimum atomic E-state index is -0.495. The Hall–Kier alpha value is -0.970. The van der Waals surface area contributed by atoms with E-state index in [9.17, 15) is 9.59 Å². The molecule has 0 aromatic carbocycles. The maximum Gasteiger partial charge on any atom is 0.410 e. The van der Waals surface area contributed by atoms with Crippen molar-refractivity contribution in [2.24, 2.45) is 5.92 Å². The highest BCUT2D eigenvalue weighted by Gasteiger charge is 2.30. The van der Waals surface area contributed by atoms with Gasteiger partial charge in [0.1, 0.15) is 5.60 Å². The monoisotopic (exact) mass is 277 g/mol. The molecule has 1 fully saturated rings. The van der Waals surface area contributed by atoms with Gasteiger partial charge in [0.2, 0.25) is 0 Å². The highest BCUT2D eigenvalue weighted by molar-refractivity contribution is 6.17. The maximum absolute atomic E-state index is 11.8. The quantitative estimate of drug-likeness (QED) is 0.574. The van der Waals surface area contributed by atoms with Crippen LogP contribution in [-0.4, -0.2) is 41.7 Å². The Bertz CT molecular complexity index is 306. The smallest absolute Gasteiger partial charge is 0.410 e. The second-order valence-corrected chi connectivity index (χ2v) is 5.53. The number of hydrogen-bond donors (Lipinski definition) is 0. The van der Waals surface area contributed by atoms with E-state index in [0.717, 1.165) is 0 Å². The number of amides is 1. The predicted octanol–water partition coefficient (Wildman–Crippen LogP) is 2.37. The van der Waals surface area contributed by atoms with E-state index in [2.05, 4.69) is 0 Å². The Balaban J connectivity index is 2.39. The Morgan fingerprint density at radius 3 is 2.28 bits per heavy atom. The van der Waals surface area contributed by atoms with Gasteiger partial charge in [0.25, 0.3) is 0 Å². The number of hydrogen-bond acceptors (Lipinski definition) is 4. The molecule has 1 aliphatic rings. The molecule has 6 heteroatoms. The highest BCUT2D eigenvalue weighted by Crippen LogP contribution is 2.20. The summed E-state index contributed by atoms with van der Waals surface area (Å²) in [4.78, 5) is 24.9. The summed E-state index contributed by atoms with van der Waals surface area (Å²) in [7, 11) is 0. The van der Waals surface area contributed by atoms with E-state index in [0.29, 0.717) is 25.9 Å². The molecule has 1 amide bonds. The molecular formula is C12H20ClNO4. The van der Waals surface area contributed by atoms with Crippen molar-refractivity contribution in [3.63, 3.8) is 0 Å². The zero-order valence-corrected chi connectivity index (χ0v) is 11.8. The molecule has 1 saturated heterocycles. The van der Waals surface area contributed by atoms with Gasteiger partial charge in [-0.1, -0.05) is 11.6 Å². The number of rotatable bonds is 2. The molecule has 1 heterocycles. The molecule has 0 bridgehead atoms. The van der Waals surface area contributed by atoms with Crippen LogP contribution in [0.2, 0.25) is 0 Å². The van der Waals surface area contributed by atoms with Crippen LogP contribution in [0.4, 0.5) is 4.79 Å². The van der Waals surface area contributed by atoms with Crippen molar-refractivity contribution in [1.82, 2.24) is 4.90 Å². The fraction of sp³-hybridized carbons (Fsp3) is 0.833. The van der Waals surface area contributed by atoms with Gasteiger partial charge in [-0.2, -0.15) is 0 Å². The van der Waals surface area contributed by atoms with Gasteiger partial charge in [-0.05, 0) is 33.6 Å².